The first-order chi connectivity index (χ1) is 21.3. The van der Waals surface area contributed by atoms with Gasteiger partial charge in [0.05, 0.1) is 12.9 Å². The number of carbonyl (C=O) groups excluding carboxylic acids is 1. The monoisotopic (exact) mass is 644 g/mol. The number of nitrogens with one attached hydrogen (secondary N) is 2. The summed E-state index contributed by atoms with van der Waals surface area (Å²) in [6.45, 7) is 11.8. The molecule has 0 radical (unpaired) electrons. The molecule has 0 bridgehead atoms. The molecule has 0 spiro atoms. The maximum atomic E-state index is 13.4. The Hall–Kier alpha value is -3.92. The highest BCUT2D eigenvalue weighted by Crippen LogP contribution is 2.42. The van der Waals surface area contributed by atoms with Gasteiger partial charge in [-0.2, -0.15) is 0 Å². The van der Waals surface area contributed by atoms with Crippen LogP contribution in [0.4, 0.5) is 5.69 Å². The van der Waals surface area contributed by atoms with Gasteiger partial charge in [-0.3, -0.25) is 4.79 Å². The van der Waals surface area contributed by atoms with E-state index in [2.05, 4.69) is 79.3 Å². The van der Waals surface area contributed by atoms with Crippen LogP contribution < -0.4 is 29.6 Å². The molecular weight excluding hydrogens is 601 g/mol. The first kappa shape index (κ1) is 34.0. The van der Waals surface area contributed by atoms with E-state index in [9.17, 15) is 13.2 Å². The lowest BCUT2D eigenvalue weighted by Gasteiger charge is -2.43. The molecule has 4 rings (SSSR count). The number of rotatable bonds is 12. The van der Waals surface area contributed by atoms with Crippen molar-refractivity contribution in [2.75, 3.05) is 18.2 Å². The molecule has 9 heteroatoms. The highest BCUT2D eigenvalue weighted by Gasteiger charge is 2.52. The maximum Gasteiger partial charge on any atom is 0.320 e. The van der Waals surface area contributed by atoms with Gasteiger partial charge in [0.1, 0.15) is 11.8 Å². The van der Waals surface area contributed by atoms with Crippen LogP contribution in [0.15, 0.2) is 103 Å². The lowest BCUT2D eigenvalue weighted by Crippen LogP contribution is -2.68. The minimum Gasteiger partial charge on any atom is -0.531 e. The van der Waals surface area contributed by atoms with Crippen LogP contribution in [0, 0.1) is 5.92 Å². The highest BCUT2D eigenvalue weighted by atomic mass is 32.2. The first-order valence-electron chi connectivity index (χ1n) is 15.2. The van der Waals surface area contributed by atoms with E-state index in [4.69, 9.17) is 9.16 Å². The number of hydrogen-bond acceptors (Lipinski definition) is 5. The van der Waals surface area contributed by atoms with Gasteiger partial charge in [0.25, 0.3) is 0 Å². The fourth-order valence-electron chi connectivity index (χ4n) is 5.56. The van der Waals surface area contributed by atoms with Crippen LogP contribution in [0.1, 0.15) is 41.5 Å². The van der Waals surface area contributed by atoms with Gasteiger partial charge in [0.15, 0.2) is 5.75 Å². The molecule has 0 saturated carbocycles. The highest BCUT2D eigenvalue weighted by molar-refractivity contribution is 7.89. The second-order valence-electron chi connectivity index (χ2n) is 12.4. The zero-order chi connectivity index (χ0) is 32.8. The van der Waals surface area contributed by atoms with Gasteiger partial charge in [0.2, 0.25) is 15.9 Å². The number of sulfonamides is 1. The molecule has 2 N–H and O–H groups in total. The Morgan fingerprint density at radius 3 is 1.89 bits per heavy atom. The van der Waals surface area contributed by atoms with Gasteiger partial charge in [-0.15, -0.1) is 0 Å². The molecule has 4 aromatic rings. The van der Waals surface area contributed by atoms with E-state index in [1.807, 2.05) is 62.4 Å². The average Bonchev–Trinajstić information content (AvgIpc) is 3.03. The average molecular weight is 645 g/mol. The van der Waals surface area contributed by atoms with Crippen LogP contribution in [0.3, 0.4) is 0 Å². The van der Waals surface area contributed by atoms with E-state index < -0.39 is 30.3 Å². The Morgan fingerprint density at radius 2 is 1.38 bits per heavy atom. The zero-order valence-corrected chi connectivity index (χ0v) is 28.9. The molecule has 1 amide bonds. The van der Waals surface area contributed by atoms with Crippen LogP contribution in [-0.2, 0) is 14.8 Å². The van der Waals surface area contributed by atoms with E-state index in [1.54, 1.807) is 20.1 Å². The van der Waals surface area contributed by atoms with E-state index in [-0.39, 0.29) is 16.7 Å². The number of carbonyl (C=O) groups is 1. The summed E-state index contributed by atoms with van der Waals surface area (Å²) in [5, 5.41) is 5.03. The lowest BCUT2D eigenvalue weighted by atomic mass is 10.0. The van der Waals surface area contributed by atoms with E-state index in [1.165, 1.54) is 0 Å². The van der Waals surface area contributed by atoms with Crippen LogP contribution in [0.2, 0.25) is 5.04 Å². The molecule has 45 heavy (non-hydrogen) atoms. The van der Waals surface area contributed by atoms with Crippen molar-refractivity contribution >= 4 is 40.3 Å². The van der Waals surface area contributed by atoms with Crippen LogP contribution >= 0.6 is 0 Å². The Kier molecular flexibility index (Phi) is 10.6. The predicted molar refractivity (Wildman–Crippen MR) is 187 cm³/mol. The Labute approximate surface area is 269 Å². The topological polar surface area (TPSA) is 93.7 Å². The molecule has 0 fully saturated rings. The molecule has 0 aliphatic rings. The summed E-state index contributed by atoms with van der Waals surface area (Å²) < 4.78 is 40.3. The summed E-state index contributed by atoms with van der Waals surface area (Å²) in [7, 11) is -4.86. The molecule has 0 heterocycles. The molecule has 0 unspecified atom stereocenters. The van der Waals surface area contributed by atoms with Gasteiger partial charge in [-0.05, 0) is 52.0 Å². The van der Waals surface area contributed by atoms with Crippen molar-refractivity contribution in [2.24, 2.45) is 5.92 Å². The number of amides is 1. The Balaban J connectivity index is 1.76. The third-order valence-corrected chi connectivity index (χ3v) is 14.3. The summed E-state index contributed by atoms with van der Waals surface area (Å²) in [4.78, 5) is 13.4. The molecule has 1 atom stereocenters. The van der Waals surface area contributed by atoms with Crippen molar-refractivity contribution in [3.8, 4) is 22.6 Å². The summed E-state index contributed by atoms with van der Waals surface area (Å²) in [6.07, 6.45) is 0. The summed E-state index contributed by atoms with van der Waals surface area (Å²) in [6, 6.07) is 33.2. The minimum atomic E-state index is -3.58. The zero-order valence-electron chi connectivity index (χ0n) is 27.1. The van der Waals surface area contributed by atoms with Crippen molar-refractivity contribution in [1.82, 2.24) is 4.72 Å². The number of ether oxygens (including phenoxy) is 1. The molecule has 0 aliphatic carbocycles. The lowest BCUT2D eigenvalue weighted by molar-refractivity contribution is -0.118. The third-order valence-electron chi connectivity index (χ3n) is 7.98. The second-order valence-corrected chi connectivity index (χ2v) is 18.7. The molecular formula is C36H44N2O5SSi. The summed E-state index contributed by atoms with van der Waals surface area (Å²) in [5.41, 5.74) is 2.14. The Bertz CT molecular complexity index is 1670. The first-order valence-corrected chi connectivity index (χ1v) is 18.8. The van der Waals surface area contributed by atoms with Crippen LogP contribution in [-0.4, -0.2) is 41.5 Å². The molecule has 238 valence electrons. The quantitative estimate of drug-likeness (QED) is 0.179. The van der Waals surface area contributed by atoms with Crippen molar-refractivity contribution in [1.29, 1.82) is 0 Å². The van der Waals surface area contributed by atoms with Crippen LogP contribution in [0.5, 0.6) is 11.5 Å². The number of methoxy groups -OCH3 is 1. The molecule has 0 aromatic heterocycles. The summed E-state index contributed by atoms with van der Waals surface area (Å²) >= 11 is 0. The molecule has 0 aliphatic heterocycles. The fourth-order valence-corrected chi connectivity index (χ4v) is 10.9. The van der Waals surface area contributed by atoms with Crippen molar-refractivity contribution < 1.29 is 22.4 Å². The van der Waals surface area contributed by atoms with Crippen LogP contribution in [0.25, 0.3) is 11.1 Å². The second kappa shape index (κ2) is 14.0. The Morgan fingerprint density at radius 1 is 0.822 bits per heavy atom. The normalized spacial score (nSPS) is 12.9. The minimum absolute atomic E-state index is 0.109. The number of benzene rings is 4. The van der Waals surface area contributed by atoms with E-state index >= 15 is 0 Å². The fraction of sp³-hybridized carbons (Fsp3) is 0.306. The maximum absolute atomic E-state index is 13.4. The van der Waals surface area contributed by atoms with E-state index in [0.29, 0.717) is 17.2 Å². The third kappa shape index (κ3) is 7.49. The molecule has 7 nitrogen and oxygen atoms in total. The standard InChI is InChI=1S/C36H44N2O5SSi/c1-8-44(40,41)38-34(26(2)3)35(39)37-31-22-16-15-21-30(31)27-23-24-32(33(25-27)42-7)43-45(36(4,5)6,28-17-11-9-12-18-28)29-19-13-10-14-20-29/h9-26,34,38H,8H2,1-7H3,(H,37,39)/t34-/m0/s1. The largest absolute Gasteiger partial charge is 0.531 e. The summed E-state index contributed by atoms with van der Waals surface area (Å²) in [5.74, 6) is 0.412. The molecule has 0 saturated heterocycles. The number of para-hydroxylation sites is 1. The SMILES string of the molecule is CCS(=O)(=O)N[C@H](C(=O)Nc1ccccc1-c1ccc(O[Si](c2ccccc2)(c2ccccc2)C(C)(C)C)c(OC)c1)C(C)C. The van der Waals surface area contributed by atoms with Gasteiger partial charge >= 0.3 is 8.32 Å². The van der Waals surface area contributed by atoms with Crippen molar-refractivity contribution in [3.05, 3.63) is 103 Å². The van der Waals surface area contributed by atoms with Gasteiger partial charge < -0.3 is 14.5 Å². The van der Waals surface area contributed by atoms with Crippen molar-refractivity contribution in [3.63, 3.8) is 0 Å². The predicted octanol–water partition coefficient (Wildman–Crippen LogP) is 6.20. The van der Waals surface area contributed by atoms with E-state index in [0.717, 1.165) is 21.5 Å². The van der Waals surface area contributed by atoms with Crippen molar-refractivity contribution in [2.45, 2.75) is 52.6 Å². The van der Waals surface area contributed by atoms with Gasteiger partial charge in [0, 0.05) is 11.3 Å². The number of anilines is 1. The molecule has 4 aromatic carbocycles. The smallest absolute Gasteiger partial charge is 0.320 e. The number of hydrogen-bond donors (Lipinski definition) is 2. The van der Waals surface area contributed by atoms with Gasteiger partial charge in [-0.1, -0.05) is 120 Å². The van der Waals surface area contributed by atoms with Gasteiger partial charge in [-0.25, -0.2) is 13.1 Å².